The molecule has 1 saturated heterocycles. The molecule has 484 valence electrons. The molecule has 1 amide bonds. The number of unbranched alkanes of at least 4 members (excludes halogenated alkanes) is 56. The predicted molar refractivity (Wildman–Crippen MR) is 346 cm³/mol. The number of carbonyl (C=O) groups excluding carboxylic acids is 1. The van der Waals surface area contributed by atoms with Gasteiger partial charge in [0.05, 0.1) is 25.4 Å². The molecule has 81 heavy (non-hydrogen) atoms. The fourth-order valence-electron chi connectivity index (χ4n) is 12.5. The first kappa shape index (κ1) is 78.2. The smallest absolute Gasteiger partial charge is 0.220 e. The second kappa shape index (κ2) is 62.2. The van der Waals surface area contributed by atoms with Gasteiger partial charge >= 0.3 is 0 Å². The molecule has 0 bridgehead atoms. The van der Waals surface area contributed by atoms with Gasteiger partial charge in [-0.15, -0.1) is 0 Å². The minimum atomic E-state index is -1.55. The van der Waals surface area contributed by atoms with Gasteiger partial charge in [0.15, 0.2) is 6.29 Å². The zero-order chi connectivity index (χ0) is 58.6. The molecule has 0 spiro atoms. The average molecular weight is 1150 g/mol. The number of hydrogen-bond donors (Lipinski definition) is 6. The van der Waals surface area contributed by atoms with Crippen LogP contribution in [-0.4, -0.2) is 87.5 Å². The third-order valence-corrected chi connectivity index (χ3v) is 18.2. The molecule has 0 aliphatic carbocycles. The maximum atomic E-state index is 13.1. The van der Waals surface area contributed by atoms with E-state index >= 15 is 0 Å². The molecule has 1 heterocycles. The van der Waals surface area contributed by atoms with Crippen molar-refractivity contribution in [2.24, 2.45) is 0 Å². The van der Waals surface area contributed by atoms with Gasteiger partial charge in [0.1, 0.15) is 24.4 Å². The van der Waals surface area contributed by atoms with Crippen molar-refractivity contribution in [3.05, 3.63) is 0 Å². The van der Waals surface area contributed by atoms with Crippen LogP contribution in [0.3, 0.4) is 0 Å². The van der Waals surface area contributed by atoms with Crippen LogP contribution >= 0.6 is 0 Å². The zero-order valence-electron chi connectivity index (χ0n) is 54.3. The molecule has 1 aliphatic rings. The largest absolute Gasteiger partial charge is 0.394 e. The molecule has 1 fully saturated rings. The van der Waals surface area contributed by atoms with Crippen LogP contribution in [0.15, 0.2) is 0 Å². The number of aliphatic hydroxyl groups is 5. The summed E-state index contributed by atoms with van der Waals surface area (Å²) in [5, 5.41) is 54.8. The first-order valence-corrected chi connectivity index (χ1v) is 36.7. The Morgan fingerprint density at radius 2 is 0.617 bits per heavy atom. The summed E-state index contributed by atoms with van der Waals surface area (Å²) in [5.41, 5.74) is 0. The number of nitrogens with one attached hydrogen (secondary N) is 1. The van der Waals surface area contributed by atoms with Crippen molar-refractivity contribution in [2.75, 3.05) is 13.2 Å². The number of aliphatic hydroxyl groups excluding tert-OH is 5. The number of ether oxygens (including phenoxy) is 2. The Morgan fingerprint density at radius 3 is 0.877 bits per heavy atom. The highest BCUT2D eigenvalue weighted by molar-refractivity contribution is 5.76. The zero-order valence-corrected chi connectivity index (χ0v) is 54.3. The van der Waals surface area contributed by atoms with Crippen molar-refractivity contribution >= 4 is 5.91 Å². The van der Waals surface area contributed by atoms with E-state index in [1.807, 2.05) is 0 Å². The lowest BCUT2D eigenvalue weighted by molar-refractivity contribution is -0.302. The van der Waals surface area contributed by atoms with Gasteiger partial charge in [0.2, 0.25) is 5.91 Å². The minimum Gasteiger partial charge on any atom is -0.394 e. The molecular weight excluding hydrogens is 1010 g/mol. The van der Waals surface area contributed by atoms with Crippen LogP contribution in [0.1, 0.15) is 399 Å². The quantitative estimate of drug-likeness (QED) is 0.0330. The van der Waals surface area contributed by atoms with Gasteiger partial charge in [-0.05, 0) is 12.8 Å². The summed E-state index contributed by atoms with van der Waals surface area (Å²) >= 11 is 0. The molecule has 7 atom stereocenters. The van der Waals surface area contributed by atoms with Gasteiger partial charge in [0.25, 0.3) is 0 Å². The molecule has 0 saturated carbocycles. The topological polar surface area (TPSA) is 149 Å². The third-order valence-electron chi connectivity index (χ3n) is 18.2. The van der Waals surface area contributed by atoms with Crippen LogP contribution in [0.2, 0.25) is 0 Å². The summed E-state index contributed by atoms with van der Waals surface area (Å²) in [6.45, 7) is 3.90. The van der Waals surface area contributed by atoms with E-state index in [-0.39, 0.29) is 12.5 Å². The van der Waals surface area contributed by atoms with Crippen molar-refractivity contribution in [3.63, 3.8) is 0 Å². The highest BCUT2D eigenvalue weighted by Gasteiger charge is 2.44. The normalized spacial score (nSPS) is 18.2. The van der Waals surface area contributed by atoms with Crippen molar-refractivity contribution < 1.29 is 39.8 Å². The van der Waals surface area contributed by atoms with Crippen molar-refractivity contribution in [1.82, 2.24) is 5.32 Å². The fraction of sp³-hybridized carbons (Fsp3) is 0.986. The highest BCUT2D eigenvalue weighted by Crippen LogP contribution is 2.24. The lowest BCUT2D eigenvalue weighted by Gasteiger charge is -2.40. The Hall–Kier alpha value is -0.810. The van der Waals surface area contributed by atoms with Gasteiger partial charge in [-0.1, -0.05) is 380 Å². The molecule has 6 N–H and O–H groups in total. The number of rotatable bonds is 66. The lowest BCUT2D eigenvalue weighted by Crippen LogP contribution is -2.60. The molecule has 0 aromatic heterocycles. The maximum absolute atomic E-state index is 13.1. The van der Waals surface area contributed by atoms with Crippen molar-refractivity contribution in [2.45, 2.75) is 442 Å². The van der Waals surface area contributed by atoms with E-state index in [4.69, 9.17) is 9.47 Å². The Labute approximate surface area is 504 Å². The third kappa shape index (κ3) is 51.0. The predicted octanol–water partition coefficient (Wildman–Crippen LogP) is 20.1. The summed E-state index contributed by atoms with van der Waals surface area (Å²) in [5.74, 6) is -0.134. The molecule has 9 nitrogen and oxygen atoms in total. The minimum absolute atomic E-state index is 0.131. The number of hydrogen-bond acceptors (Lipinski definition) is 8. The van der Waals surface area contributed by atoms with Crippen molar-refractivity contribution in [3.8, 4) is 0 Å². The van der Waals surface area contributed by atoms with Gasteiger partial charge in [0, 0.05) is 6.42 Å². The number of carbonyl (C=O) groups is 1. The Morgan fingerprint density at radius 1 is 0.370 bits per heavy atom. The fourth-order valence-corrected chi connectivity index (χ4v) is 12.5. The van der Waals surface area contributed by atoms with Crippen LogP contribution < -0.4 is 5.32 Å². The molecule has 1 aliphatic heterocycles. The first-order valence-electron chi connectivity index (χ1n) is 36.7. The van der Waals surface area contributed by atoms with Crippen LogP contribution in [0, 0.1) is 0 Å². The average Bonchev–Trinajstić information content (AvgIpc) is 3.49. The van der Waals surface area contributed by atoms with Gasteiger partial charge < -0.3 is 40.3 Å². The van der Waals surface area contributed by atoms with E-state index in [9.17, 15) is 30.3 Å². The van der Waals surface area contributed by atoms with Crippen LogP contribution in [0.5, 0.6) is 0 Å². The second-order valence-corrected chi connectivity index (χ2v) is 26.1. The molecule has 0 radical (unpaired) electrons. The Balaban J connectivity index is 1.99. The number of amides is 1. The molecule has 7 unspecified atom stereocenters. The second-order valence-electron chi connectivity index (χ2n) is 26.1. The van der Waals surface area contributed by atoms with E-state index in [0.717, 1.165) is 38.5 Å². The molecule has 0 aromatic carbocycles. The SMILES string of the molecule is CCCCCCCCCCCCCCCCCCCCCCCCCCCCCCCCCCCCCCCCCCCC(=O)NC(COC1OC(CO)C(O)C(O)C1O)C(O)CCCCCCCCCCCCCCCCCCC. The summed E-state index contributed by atoms with van der Waals surface area (Å²) in [6, 6.07) is -0.714. The molecule has 0 aromatic rings. The summed E-state index contributed by atoms with van der Waals surface area (Å²) in [6.07, 6.45) is 72.1. The van der Waals surface area contributed by atoms with E-state index in [1.165, 1.54) is 334 Å². The van der Waals surface area contributed by atoms with E-state index < -0.39 is 49.5 Å². The van der Waals surface area contributed by atoms with Crippen molar-refractivity contribution in [1.29, 1.82) is 0 Å². The lowest BCUT2D eigenvalue weighted by atomic mass is 9.99. The van der Waals surface area contributed by atoms with Crippen LogP contribution in [0.4, 0.5) is 0 Å². The maximum Gasteiger partial charge on any atom is 0.220 e. The first-order chi connectivity index (χ1) is 39.8. The van der Waals surface area contributed by atoms with E-state index in [1.54, 1.807) is 0 Å². The Kier molecular flexibility index (Phi) is 60.1. The molecule has 9 heteroatoms. The van der Waals surface area contributed by atoms with Crippen LogP contribution in [0.25, 0.3) is 0 Å². The molecule has 1 rings (SSSR count). The van der Waals surface area contributed by atoms with Gasteiger partial charge in [-0.2, -0.15) is 0 Å². The monoisotopic (exact) mass is 1150 g/mol. The Bertz CT molecular complexity index is 1240. The summed E-state index contributed by atoms with van der Waals surface area (Å²) < 4.78 is 11.4. The van der Waals surface area contributed by atoms with Gasteiger partial charge in [-0.25, -0.2) is 0 Å². The van der Waals surface area contributed by atoms with Gasteiger partial charge in [-0.3, -0.25) is 4.79 Å². The standard InChI is InChI=1S/C72H143NO8/c1-3-5-7-9-11-13-15-17-19-21-22-23-24-25-26-27-28-29-30-31-32-33-34-35-36-37-38-39-40-41-42-43-44-46-48-50-52-54-56-58-60-62-68(76)73-65(64-80-72-71(79)70(78)69(77)67(63-74)81-72)66(75)61-59-57-55-53-51-49-47-45-20-18-16-14-12-10-8-6-4-2/h65-67,69-72,74-75,77-79H,3-64H2,1-2H3,(H,73,76). The summed E-state index contributed by atoms with van der Waals surface area (Å²) in [7, 11) is 0. The van der Waals surface area contributed by atoms with E-state index in [0.29, 0.717) is 12.8 Å². The van der Waals surface area contributed by atoms with E-state index in [2.05, 4.69) is 19.2 Å². The van der Waals surface area contributed by atoms with Crippen LogP contribution in [-0.2, 0) is 14.3 Å². The molecular formula is C72H143NO8. The summed E-state index contributed by atoms with van der Waals surface area (Å²) in [4.78, 5) is 13.1. The highest BCUT2D eigenvalue weighted by atomic mass is 16.7.